The molecule has 10 heteroatoms. The molecule has 0 N–H and O–H groups in total. The molecule has 4 aromatic rings. The molecule has 0 aliphatic carbocycles. The molecule has 1 aliphatic heterocycles. The van der Waals surface area contributed by atoms with Gasteiger partial charge in [0.15, 0.2) is 16.8 Å². The van der Waals surface area contributed by atoms with Crippen LogP contribution in [0.5, 0.6) is 0 Å². The summed E-state index contributed by atoms with van der Waals surface area (Å²) >= 11 is 0. The number of pyridine rings is 1. The molecule has 0 radical (unpaired) electrons. The number of piperidine rings is 1. The molecule has 5 rings (SSSR count). The van der Waals surface area contributed by atoms with E-state index in [1.165, 1.54) is 11.6 Å². The molecule has 5 heterocycles. The Kier molecular flexibility index (Phi) is 4.50. The van der Waals surface area contributed by atoms with E-state index in [-0.39, 0.29) is 11.2 Å². The number of aromatic nitrogens is 7. The molecule has 0 unspecified atom stereocenters. The third-order valence-electron chi connectivity index (χ3n) is 6.17. The molecule has 0 aromatic carbocycles. The molecule has 1 aliphatic rings. The van der Waals surface area contributed by atoms with Crippen molar-refractivity contribution < 1.29 is 0 Å². The van der Waals surface area contributed by atoms with Gasteiger partial charge in [0.1, 0.15) is 5.82 Å². The maximum atomic E-state index is 12.6. The fraction of sp³-hybridized carbons (Fsp3) is 0.450. The Bertz CT molecular complexity index is 1340. The summed E-state index contributed by atoms with van der Waals surface area (Å²) < 4.78 is 6.49. The molecule has 1 saturated heterocycles. The van der Waals surface area contributed by atoms with E-state index in [2.05, 4.69) is 24.5 Å². The van der Waals surface area contributed by atoms with Crippen LogP contribution >= 0.6 is 0 Å². The van der Waals surface area contributed by atoms with Gasteiger partial charge < -0.3 is 9.47 Å². The van der Waals surface area contributed by atoms with Crippen LogP contribution in [0.1, 0.15) is 24.6 Å². The first-order valence-corrected chi connectivity index (χ1v) is 10.2. The smallest absolute Gasteiger partial charge is 0.323 e. The van der Waals surface area contributed by atoms with Crippen molar-refractivity contribution in [1.29, 1.82) is 0 Å². The predicted molar refractivity (Wildman–Crippen MR) is 112 cm³/mol. The van der Waals surface area contributed by atoms with Crippen molar-refractivity contribution in [3.63, 3.8) is 0 Å². The summed E-state index contributed by atoms with van der Waals surface area (Å²) in [4.78, 5) is 31.4. The molecular weight excluding hydrogens is 384 g/mol. The average molecular weight is 408 g/mol. The normalized spacial score (nSPS) is 16.1. The second kappa shape index (κ2) is 7.21. The first kappa shape index (κ1) is 18.7. The maximum absolute atomic E-state index is 12.6. The minimum Gasteiger partial charge on any atom is -0.323 e. The predicted octanol–water partition coefficient (Wildman–Crippen LogP) is 0.356. The SMILES string of the molecule is Cn1c(=O)c2c(ncn2CCN2CCC(c3nnc4ccccn34)CC2)n(C)c1=O. The zero-order valence-corrected chi connectivity index (χ0v) is 17.1. The highest BCUT2D eigenvalue weighted by atomic mass is 16.2. The van der Waals surface area contributed by atoms with Crippen molar-refractivity contribution in [3.8, 4) is 0 Å². The van der Waals surface area contributed by atoms with E-state index >= 15 is 0 Å². The van der Waals surface area contributed by atoms with Crippen molar-refractivity contribution in [2.75, 3.05) is 19.6 Å². The molecule has 4 aromatic heterocycles. The number of hydrogen-bond acceptors (Lipinski definition) is 6. The molecule has 0 spiro atoms. The zero-order valence-electron chi connectivity index (χ0n) is 17.1. The van der Waals surface area contributed by atoms with E-state index in [4.69, 9.17) is 0 Å². The van der Waals surface area contributed by atoms with Gasteiger partial charge in [-0.05, 0) is 38.1 Å². The quantitative estimate of drug-likeness (QED) is 0.484. The Morgan fingerprint density at radius 2 is 1.83 bits per heavy atom. The highest BCUT2D eigenvalue weighted by Crippen LogP contribution is 2.27. The van der Waals surface area contributed by atoms with Crippen LogP contribution in [-0.4, -0.2) is 57.8 Å². The number of aryl methyl sites for hydroxylation is 1. The molecule has 1 fully saturated rings. The van der Waals surface area contributed by atoms with Gasteiger partial charge >= 0.3 is 5.69 Å². The Balaban J connectivity index is 1.28. The van der Waals surface area contributed by atoms with Crippen LogP contribution < -0.4 is 11.2 Å². The minimum absolute atomic E-state index is 0.303. The fourth-order valence-electron chi connectivity index (χ4n) is 4.37. The Labute approximate surface area is 172 Å². The Morgan fingerprint density at radius 3 is 2.63 bits per heavy atom. The molecule has 10 nitrogen and oxygen atoms in total. The standard InChI is InChI=1S/C20H24N8O2/c1-24-18-16(19(29)25(2)20(24)30)27(13-21-18)12-11-26-9-6-14(7-10-26)17-23-22-15-5-3-4-8-28(15)17/h3-5,8,13-14H,6-7,9-12H2,1-2H3. The number of rotatable bonds is 4. The van der Waals surface area contributed by atoms with Gasteiger partial charge in [0.25, 0.3) is 5.56 Å². The second-order valence-corrected chi connectivity index (χ2v) is 7.92. The van der Waals surface area contributed by atoms with Crippen LogP contribution in [0.4, 0.5) is 0 Å². The van der Waals surface area contributed by atoms with Crippen LogP contribution in [0.2, 0.25) is 0 Å². The molecule has 0 amide bonds. The summed E-state index contributed by atoms with van der Waals surface area (Å²) in [6.45, 7) is 3.41. The largest absolute Gasteiger partial charge is 0.332 e. The Hall–Kier alpha value is -3.27. The average Bonchev–Trinajstić information content (AvgIpc) is 3.40. The van der Waals surface area contributed by atoms with Crippen LogP contribution in [0, 0.1) is 0 Å². The Morgan fingerprint density at radius 1 is 1.03 bits per heavy atom. The van der Waals surface area contributed by atoms with Crippen LogP contribution in [0.25, 0.3) is 16.8 Å². The van der Waals surface area contributed by atoms with Crippen molar-refractivity contribution in [3.05, 3.63) is 57.4 Å². The van der Waals surface area contributed by atoms with Gasteiger partial charge in [-0.2, -0.15) is 0 Å². The summed E-state index contributed by atoms with van der Waals surface area (Å²) in [5.41, 5.74) is 1.13. The molecule has 30 heavy (non-hydrogen) atoms. The number of imidazole rings is 1. The molecule has 0 atom stereocenters. The van der Waals surface area contributed by atoms with Gasteiger partial charge in [0.05, 0.1) is 6.33 Å². The topological polar surface area (TPSA) is 95.2 Å². The van der Waals surface area contributed by atoms with E-state index in [0.717, 1.165) is 48.5 Å². The summed E-state index contributed by atoms with van der Waals surface area (Å²) in [6.07, 6.45) is 5.73. The van der Waals surface area contributed by atoms with Crippen LogP contribution in [-0.2, 0) is 20.6 Å². The van der Waals surface area contributed by atoms with Gasteiger partial charge in [0, 0.05) is 39.3 Å². The lowest BCUT2D eigenvalue weighted by molar-refractivity contribution is 0.202. The van der Waals surface area contributed by atoms with Gasteiger partial charge in [-0.25, -0.2) is 9.78 Å². The van der Waals surface area contributed by atoms with Crippen molar-refractivity contribution >= 4 is 16.8 Å². The molecule has 0 bridgehead atoms. The first-order chi connectivity index (χ1) is 14.5. The molecular formula is C20H24N8O2. The second-order valence-electron chi connectivity index (χ2n) is 7.92. The summed E-state index contributed by atoms with van der Waals surface area (Å²) in [7, 11) is 3.14. The third kappa shape index (κ3) is 2.95. The van der Waals surface area contributed by atoms with Gasteiger partial charge in [0.2, 0.25) is 0 Å². The number of likely N-dealkylation sites (tertiary alicyclic amines) is 1. The maximum Gasteiger partial charge on any atom is 0.332 e. The van der Waals surface area contributed by atoms with E-state index in [9.17, 15) is 9.59 Å². The van der Waals surface area contributed by atoms with Crippen LogP contribution in [0.15, 0.2) is 40.3 Å². The van der Waals surface area contributed by atoms with Crippen molar-refractivity contribution in [2.45, 2.75) is 25.3 Å². The van der Waals surface area contributed by atoms with E-state index in [1.807, 2.05) is 29.0 Å². The number of fused-ring (bicyclic) bond motifs is 2. The van der Waals surface area contributed by atoms with Gasteiger partial charge in [-0.3, -0.25) is 18.3 Å². The lowest BCUT2D eigenvalue weighted by atomic mass is 9.96. The first-order valence-electron chi connectivity index (χ1n) is 10.2. The van der Waals surface area contributed by atoms with Crippen molar-refractivity contribution in [2.24, 2.45) is 14.1 Å². The lowest BCUT2D eigenvalue weighted by Crippen LogP contribution is -2.38. The van der Waals surface area contributed by atoms with E-state index in [0.29, 0.717) is 23.6 Å². The third-order valence-corrected chi connectivity index (χ3v) is 6.17. The highest BCUT2D eigenvalue weighted by molar-refractivity contribution is 5.69. The fourth-order valence-corrected chi connectivity index (χ4v) is 4.37. The summed E-state index contributed by atoms with van der Waals surface area (Å²) in [5, 5.41) is 8.69. The van der Waals surface area contributed by atoms with Crippen LogP contribution in [0.3, 0.4) is 0 Å². The lowest BCUT2D eigenvalue weighted by Gasteiger charge is -2.31. The highest BCUT2D eigenvalue weighted by Gasteiger charge is 2.24. The molecule has 0 saturated carbocycles. The van der Waals surface area contributed by atoms with Crippen molar-refractivity contribution in [1.82, 2.24) is 38.2 Å². The minimum atomic E-state index is -0.360. The monoisotopic (exact) mass is 408 g/mol. The molecule has 156 valence electrons. The zero-order chi connectivity index (χ0) is 20.8. The summed E-state index contributed by atoms with van der Waals surface area (Å²) in [5.74, 6) is 1.44. The summed E-state index contributed by atoms with van der Waals surface area (Å²) in [6, 6.07) is 5.95. The number of nitrogens with zero attached hydrogens (tertiary/aromatic N) is 8. The number of hydrogen-bond donors (Lipinski definition) is 0. The van der Waals surface area contributed by atoms with E-state index in [1.54, 1.807) is 13.4 Å². The van der Waals surface area contributed by atoms with E-state index < -0.39 is 0 Å². The van der Waals surface area contributed by atoms with Gasteiger partial charge in [-0.1, -0.05) is 6.07 Å². The van der Waals surface area contributed by atoms with Gasteiger partial charge in [-0.15, -0.1) is 10.2 Å².